The van der Waals surface area contributed by atoms with Gasteiger partial charge < -0.3 is 15.3 Å². The van der Waals surface area contributed by atoms with Crippen LogP contribution in [0.2, 0.25) is 0 Å². The number of nitrogens with one attached hydrogen (secondary N) is 1. The highest BCUT2D eigenvalue weighted by atomic mass is 19.1. The second-order valence-electron chi connectivity index (χ2n) is 5.84. The van der Waals surface area contributed by atoms with Crippen molar-refractivity contribution in [2.24, 2.45) is 0 Å². The number of anilines is 1. The lowest BCUT2D eigenvalue weighted by molar-refractivity contribution is -0.119. The third-order valence-corrected chi connectivity index (χ3v) is 4.08. The second-order valence-corrected chi connectivity index (χ2v) is 5.84. The summed E-state index contributed by atoms with van der Waals surface area (Å²) < 4.78 is 14.3. The highest BCUT2D eigenvalue weighted by molar-refractivity contribution is 5.73. The summed E-state index contributed by atoms with van der Waals surface area (Å²) in [6, 6.07) is 4.97. The number of hydrogen-bond acceptors (Lipinski definition) is 5. The Labute approximate surface area is 139 Å². The van der Waals surface area contributed by atoms with E-state index in [0.29, 0.717) is 23.6 Å². The summed E-state index contributed by atoms with van der Waals surface area (Å²) in [5.74, 6) is 0.0610. The normalized spacial score (nSPS) is 17.1. The highest BCUT2D eigenvalue weighted by Gasteiger charge is 2.24. The minimum absolute atomic E-state index is 0.0441. The molecule has 0 aliphatic carbocycles. The van der Waals surface area contributed by atoms with Crippen LogP contribution in [0.1, 0.15) is 18.9 Å². The van der Waals surface area contributed by atoms with Crippen LogP contribution in [0.15, 0.2) is 30.6 Å². The molecule has 0 bridgehead atoms. The second kappa shape index (κ2) is 6.92. The molecule has 1 aliphatic rings. The van der Waals surface area contributed by atoms with Crippen LogP contribution in [0, 0.1) is 5.82 Å². The summed E-state index contributed by atoms with van der Waals surface area (Å²) in [4.78, 5) is 21.7. The standard InChI is InChI=1S/C17H19FN4O2/c1-11(24)21-14-5-6-22(9-14)17-19-7-13(8-20-17)15-4-2-3-12(10-23)16(15)18/h2-4,7-8,14,23H,5-6,9-10H2,1H3,(H,21,24). The number of benzene rings is 1. The molecule has 1 aromatic heterocycles. The molecule has 2 heterocycles. The molecule has 24 heavy (non-hydrogen) atoms. The van der Waals surface area contributed by atoms with E-state index in [1.165, 1.54) is 6.92 Å². The number of carbonyl (C=O) groups is 1. The SMILES string of the molecule is CC(=O)NC1CCN(c2ncc(-c3cccc(CO)c3F)cn2)C1. The maximum Gasteiger partial charge on any atom is 0.225 e. The number of rotatable bonds is 4. The van der Waals surface area contributed by atoms with Gasteiger partial charge in [-0.25, -0.2) is 14.4 Å². The minimum Gasteiger partial charge on any atom is -0.392 e. The Balaban J connectivity index is 1.76. The third-order valence-electron chi connectivity index (χ3n) is 4.08. The van der Waals surface area contributed by atoms with Crippen LogP contribution in [0.3, 0.4) is 0 Å². The van der Waals surface area contributed by atoms with Crippen molar-refractivity contribution in [1.82, 2.24) is 15.3 Å². The fourth-order valence-corrected chi connectivity index (χ4v) is 2.90. The number of amides is 1. The van der Waals surface area contributed by atoms with E-state index in [4.69, 9.17) is 5.11 Å². The fraction of sp³-hybridized carbons (Fsp3) is 0.353. The highest BCUT2D eigenvalue weighted by Crippen LogP contribution is 2.25. The quantitative estimate of drug-likeness (QED) is 0.888. The average Bonchev–Trinajstić information content (AvgIpc) is 3.03. The Hall–Kier alpha value is -2.54. The molecule has 7 heteroatoms. The van der Waals surface area contributed by atoms with Crippen molar-refractivity contribution in [1.29, 1.82) is 0 Å². The van der Waals surface area contributed by atoms with Gasteiger partial charge in [0.25, 0.3) is 0 Å². The molecule has 2 N–H and O–H groups in total. The van der Waals surface area contributed by atoms with Crippen molar-refractivity contribution < 1.29 is 14.3 Å². The van der Waals surface area contributed by atoms with Crippen molar-refractivity contribution >= 4 is 11.9 Å². The van der Waals surface area contributed by atoms with Gasteiger partial charge >= 0.3 is 0 Å². The number of hydrogen-bond donors (Lipinski definition) is 2. The number of aliphatic hydroxyl groups excluding tert-OH is 1. The molecule has 0 saturated carbocycles. The zero-order valence-corrected chi connectivity index (χ0v) is 13.4. The van der Waals surface area contributed by atoms with Gasteiger partial charge in [0.2, 0.25) is 11.9 Å². The van der Waals surface area contributed by atoms with Crippen molar-refractivity contribution in [3.63, 3.8) is 0 Å². The zero-order chi connectivity index (χ0) is 17.1. The first-order valence-corrected chi connectivity index (χ1v) is 7.81. The molecule has 1 aliphatic heterocycles. The molecule has 1 fully saturated rings. The molecule has 6 nitrogen and oxygen atoms in total. The largest absolute Gasteiger partial charge is 0.392 e. The molecular formula is C17H19FN4O2. The monoisotopic (exact) mass is 330 g/mol. The van der Waals surface area contributed by atoms with Crippen LogP contribution < -0.4 is 10.2 Å². The Kier molecular flexibility index (Phi) is 4.71. The topological polar surface area (TPSA) is 78.4 Å². The molecule has 3 rings (SSSR count). The molecule has 1 atom stereocenters. The van der Waals surface area contributed by atoms with Crippen molar-refractivity contribution in [2.45, 2.75) is 26.0 Å². The minimum atomic E-state index is -0.455. The fourth-order valence-electron chi connectivity index (χ4n) is 2.90. The molecule has 1 aromatic carbocycles. The maximum absolute atomic E-state index is 14.3. The van der Waals surface area contributed by atoms with E-state index >= 15 is 0 Å². The summed E-state index contributed by atoms with van der Waals surface area (Å²) in [6.45, 7) is 2.58. The van der Waals surface area contributed by atoms with Crippen LogP contribution in [0.25, 0.3) is 11.1 Å². The zero-order valence-electron chi connectivity index (χ0n) is 13.4. The molecule has 1 unspecified atom stereocenters. The molecule has 0 spiro atoms. The van der Waals surface area contributed by atoms with Gasteiger partial charge in [0.1, 0.15) is 5.82 Å². The maximum atomic E-state index is 14.3. The first-order valence-electron chi connectivity index (χ1n) is 7.81. The molecule has 2 aromatic rings. The molecule has 0 radical (unpaired) electrons. The van der Waals surface area contributed by atoms with Crippen molar-refractivity contribution in [3.05, 3.63) is 42.0 Å². The number of aliphatic hydroxyl groups is 1. The van der Waals surface area contributed by atoms with Crippen molar-refractivity contribution in [3.8, 4) is 11.1 Å². The van der Waals surface area contributed by atoms with Crippen molar-refractivity contribution in [2.75, 3.05) is 18.0 Å². The van der Waals surface area contributed by atoms with Gasteiger partial charge in [-0.15, -0.1) is 0 Å². The molecule has 1 saturated heterocycles. The van der Waals surface area contributed by atoms with Gasteiger partial charge in [-0.05, 0) is 6.42 Å². The van der Waals surface area contributed by atoms with Gasteiger partial charge in [-0.3, -0.25) is 4.79 Å². The Morgan fingerprint density at radius 3 is 2.83 bits per heavy atom. The van der Waals surface area contributed by atoms with E-state index in [1.807, 2.05) is 4.90 Å². The first-order chi connectivity index (χ1) is 11.6. The first kappa shape index (κ1) is 16.3. The van der Waals surface area contributed by atoms with Gasteiger partial charge in [0.15, 0.2) is 0 Å². The van der Waals surface area contributed by atoms with Crippen LogP contribution in [0.4, 0.5) is 10.3 Å². The number of carbonyl (C=O) groups excluding carboxylic acids is 1. The third kappa shape index (κ3) is 3.35. The van der Waals surface area contributed by atoms with Gasteiger partial charge in [0, 0.05) is 55.1 Å². The predicted molar refractivity (Wildman–Crippen MR) is 87.8 cm³/mol. The summed E-state index contributed by atoms with van der Waals surface area (Å²) in [7, 11) is 0. The van der Waals surface area contributed by atoms with E-state index in [9.17, 15) is 9.18 Å². The number of halogens is 1. The summed E-state index contributed by atoms with van der Waals surface area (Å²) in [5, 5.41) is 12.0. The molecule has 1 amide bonds. The Bertz CT molecular complexity index is 736. The summed E-state index contributed by atoms with van der Waals surface area (Å²) >= 11 is 0. The van der Waals surface area contributed by atoms with Gasteiger partial charge in [0.05, 0.1) is 6.61 Å². The summed E-state index contributed by atoms with van der Waals surface area (Å²) in [6.07, 6.45) is 4.00. The number of aromatic nitrogens is 2. The Morgan fingerprint density at radius 2 is 2.17 bits per heavy atom. The molecular weight excluding hydrogens is 311 g/mol. The van der Waals surface area contributed by atoms with E-state index in [0.717, 1.165) is 13.0 Å². The van der Waals surface area contributed by atoms with Gasteiger partial charge in [-0.1, -0.05) is 18.2 Å². The van der Waals surface area contributed by atoms with Crippen LogP contribution in [-0.2, 0) is 11.4 Å². The smallest absolute Gasteiger partial charge is 0.225 e. The lowest BCUT2D eigenvalue weighted by Crippen LogP contribution is -2.35. The van der Waals surface area contributed by atoms with Crippen LogP contribution in [-0.4, -0.2) is 40.1 Å². The van der Waals surface area contributed by atoms with Gasteiger partial charge in [-0.2, -0.15) is 0 Å². The van der Waals surface area contributed by atoms with E-state index in [-0.39, 0.29) is 24.1 Å². The average molecular weight is 330 g/mol. The van der Waals surface area contributed by atoms with E-state index in [1.54, 1.807) is 30.6 Å². The summed E-state index contributed by atoms with van der Waals surface area (Å²) in [5.41, 5.74) is 1.17. The number of nitrogens with zero attached hydrogens (tertiary/aromatic N) is 3. The van der Waals surface area contributed by atoms with Crippen LogP contribution in [0.5, 0.6) is 0 Å². The molecule has 126 valence electrons. The van der Waals surface area contributed by atoms with E-state index in [2.05, 4.69) is 15.3 Å². The Morgan fingerprint density at radius 1 is 1.42 bits per heavy atom. The lowest BCUT2D eigenvalue weighted by atomic mass is 10.1. The van der Waals surface area contributed by atoms with E-state index < -0.39 is 5.82 Å². The van der Waals surface area contributed by atoms with Crippen LogP contribution >= 0.6 is 0 Å². The lowest BCUT2D eigenvalue weighted by Gasteiger charge is -2.16. The predicted octanol–water partition coefficient (Wildman–Crippen LogP) is 1.49.